The van der Waals surface area contributed by atoms with Crippen LogP contribution in [0.5, 0.6) is 11.5 Å². The van der Waals surface area contributed by atoms with Gasteiger partial charge in [0.25, 0.3) is 0 Å². The van der Waals surface area contributed by atoms with Crippen LogP contribution in [0, 0.1) is 23.3 Å². The first-order valence-electron chi connectivity index (χ1n) is 14.9. The summed E-state index contributed by atoms with van der Waals surface area (Å²) in [4.78, 5) is 0. The lowest BCUT2D eigenvalue weighted by Crippen LogP contribution is -2.25. The van der Waals surface area contributed by atoms with Crippen LogP contribution in [-0.2, 0) is 12.5 Å². The minimum absolute atomic E-state index is 0.0553. The molecule has 5 rings (SSSR count). The van der Waals surface area contributed by atoms with Crippen LogP contribution in [0.3, 0.4) is 0 Å². The molecule has 11 heteroatoms. The highest BCUT2D eigenvalue weighted by molar-refractivity contribution is 5.72. The summed E-state index contributed by atoms with van der Waals surface area (Å²) in [5.74, 6) is -6.68. The topological polar surface area (TPSA) is 18.5 Å². The number of benzene rings is 5. The van der Waals surface area contributed by atoms with Gasteiger partial charge >= 0.3 is 12.5 Å². The highest BCUT2D eigenvalue weighted by Gasteiger charge is 2.41. The third-order valence-electron chi connectivity index (χ3n) is 7.56. The van der Waals surface area contributed by atoms with Crippen molar-refractivity contribution in [2.45, 2.75) is 45.1 Å². The second-order valence-corrected chi connectivity index (χ2v) is 11.0. The van der Waals surface area contributed by atoms with Crippen LogP contribution < -0.4 is 9.47 Å². The van der Waals surface area contributed by atoms with Gasteiger partial charge in [-0.1, -0.05) is 74.4 Å². The molecule has 0 aliphatic heterocycles. The van der Waals surface area contributed by atoms with Gasteiger partial charge in [0.15, 0.2) is 11.6 Å². The van der Waals surface area contributed by atoms with Gasteiger partial charge in [0.05, 0.1) is 0 Å². The van der Waals surface area contributed by atoms with Crippen molar-refractivity contribution in [3.8, 4) is 44.9 Å². The van der Waals surface area contributed by atoms with E-state index in [0.29, 0.717) is 17.2 Å². The Hall–Kier alpha value is -4.93. The number of alkyl halides is 5. The molecule has 0 atom stereocenters. The maximum absolute atomic E-state index is 15.1. The van der Waals surface area contributed by atoms with Gasteiger partial charge in [-0.3, -0.25) is 0 Å². The van der Waals surface area contributed by atoms with Crippen molar-refractivity contribution in [2.75, 3.05) is 0 Å². The van der Waals surface area contributed by atoms with Crippen LogP contribution in [0.1, 0.15) is 37.3 Å². The van der Waals surface area contributed by atoms with Crippen LogP contribution in [0.4, 0.5) is 39.5 Å². The maximum Gasteiger partial charge on any atom is 0.573 e. The lowest BCUT2D eigenvalue weighted by molar-refractivity contribution is -0.275. The first kappa shape index (κ1) is 34.4. The van der Waals surface area contributed by atoms with Crippen LogP contribution in [0.2, 0.25) is 0 Å². The van der Waals surface area contributed by atoms with Crippen molar-refractivity contribution >= 4 is 0 Å². The maximum atomic E-state index is 15.1. The Morgan fingerprint density at radius 3 is 1.65 bits per heavy atom. The summed E-state index contributed by atoms with van der Waals surface area (Å²) in [6.45, 7) is 2.09. The molecule has 48 heavy (non-hydrogen) atoms. The summed E-state index contributed by atoms with van der Waals surface area (Å²) in [7, 11) is 0. The highest BCUT2D eigenvalue weighted by Crippen LogP contribution is 2.38. The molecule has 0 unspecified atom stereocenters. The van der Waals surface area contributed by atoms with E-state index >= 15 is 8.78 Å². The Kier molecular flexibility index (Phi) is 10.1. The molecule has 5 aromatic carbocycles. The van der Waals surface area contributed by atoms with Crippen molar-refractivity contribution in [1.82, 2.24) is 0 Å². The molecule has 0 aromatic heterocycles. The predicted octanol–water partition coefficient (Wildman–Crippen LogP) is 12.0. The summed E-state index contributed by atoms with van der Waals surface area (Å²) in [6, 6.07) is 19.7. The monoisotopic (exact) mass is 674 g/mol. The van der Waals surface area contributed by atoms with Crippen molar-refractivity contribution in [3.05, 3.63) is 131 Å². The van der Waals surface area contributed by atoms with E-state index in [1.807, 2.05) is 12.1 Å². The Morgan fingerprint density at radius 2 is 1.06 bits per heavy atom. The smallest absolute Gasteiger partial charge is 0.429 e. The third kappa shape index (κ3) is 8.13. The Balaban J connectivity index is 1.29. The van der Waals surface area contributed by atoms with Gasteiger partial charge in [-0.25, -0.2) is 17.6 Å². The van der Waals surface area contributed by atoms with Gasteiger partial charge < -0.3 is 9.47 Å². The minimum Gasteiger partial charge on any atom is -0.429 e. The average Bonchev–Trinajstić information content (AvgIpc) is 3.01. The fourth-order valence-corrected chi connectivity index (χ4v) is 5.18. The molecule has 5 aromatic rings. The molecule has 0 N–H and O–H groups in total. The molecule has 0 saturated carbocycles. The normalized spacial score (nSPS) is 11.9. The second kappa shape index (κ2) is 14.0. The van der Waals surface area contributed by atoms with Crippen molar-refractivity contribution in [3.63, 3.8) is 0 Å². The zero-order valence-corrected chi connectivity index (χ0v) is 25.3. The second-order valence-electron chi connectivity index (χ2n) is 11.0. The van der Waals surface area contributed by atoms with E-state index in [1.54, 1.807) is 12.1 Å². The van der Waals surface area contributed by atoms with E-state index in [4.69, 9.17) is 4.74 Å². The standard InChI is InChI=1S/C37H27F9O2/c1-2-3-4-5-22-6-8-24(9-7-22)27-20-32(40)35(33(41)21-27)36(42,43)47-28-14-10-23(11-15-28)25-12-16-29(30(38)18-25)26-13-17-34(31(39)19-26)48-37(44,45)46/h6-21H,2-5H2,1H3. The van der Waals surface area contributed by atoms with E-state index in [9.17, 15) is 30.7 Å². The van der Waals surface area contributed by atoms with E-state index in [1.165, 1.54) is 24.3 Å². The van der Waals surface area contributed by atoms with Crippen molar-refractivity contribution in [1.29, 1.82) is 0 Å². The number of aryl methyl sites for hydroxylation is 1. The summed E-state index contributed by atoms with van der Waals surface area (Å²) in [5.41, 5.74) is 0.488. The average molecular weight is 675 g/mol. The molecular weight excluding hydrogens is 647 g/mol. The zero-order chi connectivity index (χ0) is 34.6. The first-order valence-corrected chi connectivity index (χ1v) is 14.9. The van der Waals surface area contributed by atoms with Gasteiger partial charge in [0.1, 0.15) is 28.8 Å². The number of halogens is 9. The molecule has 0 bridgehead atoms. The van der Waals surface area contributed by atoms with Gasteiger partial charge in [0, 0.05) is 5.56 Å². The highest BCUT2D eigenvalue weighted by atomic mass is 19.4. The zero-order valence-electron chi connectivity index (χ0n) is 25.3. The van der Waals surface area contributed by atoms with Gasteiger partial charge in [-0.2, -0.15) is 8.78 Å². The summed E-state index contributed by atoms with van der Waals surface area (Å²) in [6.07, 6.45) is -5.48. The first-order chi connectivity index (χ1) is 22.7. The number of ether oxygens (including phenoxy) is 2. The SMILES string of the molecule is CCCCCc1ccc(-c2cc(F)c(C(F)(F)Oc3ccc(-c4ccc(-c5ccc(OC(F)(F)F)c(F)c5)c(F)c4)cc3)c(F)c2)cc1. The Bertz CT molecular complexity index is 1860. The summed E-state index contributed by atoms with van der Waals surface area (Å²) < 4.78 is 135. The van der Waals surface area contributed by atoms with E-state index in [-0.39, 0.29) is 22.3 Å². The molecule has 0 radical (unpaired) electrons. The van der Waals surface area contributed by atoms with Gasteiger partial charge in [-0.05, 0) is 88.7 Å². The minimum atomic E-state index is -5.11. The van der Waals surface area contributed by atoms with Crippen LogP contribution in [0.25, 0.3) is 33.4 Å². The Labute approximate surface area is 270 Å². The number of hydrogen-bond donors (Lipinski definition) is 0. The van der Waals surface area contributed by atoms with Crippen molar-refractivity contribution < 1.29 is 49.0 Å². The summed E-state index contributed by atoms with van der Waals surface area (Å²) >= 11 is 0. The number of unbranched alkanes of at least 4 members (excludes halogenated alkanes) is 2. The quantitative estimate of drug-likeness (QED) is 0.103. The molecular formula is C37H27F9O2. The molecule has 2 nitrogen and oxygen atoms in total. The molecule has 0 amide bonds. The largest absolute Gasteiger partial charge is 0.573 e. The lowest BCUT2D eigenvalue weighted by atomic mass is 9.99. The van der Waals surface area contributed by atoms with Crippen LogP contribution in [0.15, 0.2) is 97.1 Å². The lowest BCUT2D eigenvalue weighted by Gasteiger charge is -2.20. The molecule has 250 valence electrons. The molecule has 0 heterocycles. The Morgan fingerprint density at radius 1 is 0.521 bits per heavy atom. The van der Waals surface area contributed by atoms with E-state index < -0.39 is 52.8 Å². The number of rotatable bonds is 11. The van der Waals surface area contributed by atoms with E-state index in [0.717, 1.165) is 73.7 Å². The van der Waals surface area contributed by atoms with E-state index in [2.05, 4.69) is 11.7 Å². The van der Waals surface area contributed by atoms with Crippen molar-refractivity contribution in [2.24, 2.45) is 0 Å². The van der Waals surface area contributed by atoms with Crippen LogP contribution >= 0.6 is 0 Å². The predicted molar refractivity (Wildman–Crippen MR) is 163 cm³/mol. The molecule has 0 aliphatic rings. The fraction of sp³-hybridized carbons (Fsp3) is 0.189. The van der Waals surface area contributed by atoms with Gasteiger partial charge in [0.2, 0.25) is 0 Å². The number of hydrogen-bond acceptors (Lipinski definition) is 2. The van der Waals surface area contributed by atoms with Crippen LogP contribution in [-0.4, -0.2) is 6.36 Å². The fourth-order valence-electron chi connectivity index (χ4n) is 5.18. The molecule has 0 fully saturated rings. The molecule has 0 saturated heterocycles. The molecule has 0 aliphatic carbocycles. The summed E-state index contributed by atoms with van der Waals surface area (Å²) in [5, 5.41) is 0. The third-order valence-corrected chi connectivity index (χ3v) is 7.56. The molecule has 0 spiro atoms. The van der Waals surface area contributed by atoms with Gasteiger partial charge in [-0.15, -0.1) is 13.2 Å².